The van der Waals surface area contributed by atoms with Crippen LogP contribution in [0.25, 0.3) is 11.2 Å². The Morgan fingerprint density at radius 1 is 0.909 bits per heavy atom. The molecule has 2 aliphatic heterocycles. The molecule has 4 heterocycles. The van der Waals surface area contributed by atoms with Crippen LogP contribution < -0.4 is 0 Å². The summed E-state index contributed by atoms with van der Waals surface area (Å²) in [7, 11) is -5.24. The monoisotopic (exact) mass is 512 g/mol. The van der Waals surface area contributed by atoms with Gasteiger partial charge in [-0.15, -0.1) is 0 Å². The highest BCUT2D eigenvalue weighted by Gasteiger charge is 2.60. The van der Waals surface area contributed by atoms with E-state index < -0.39 is 17.1 Å². The van der Waals surface area contributed by atoms with Crippen LogP contribution in [-0.4, -0.2) is 55.5 Å². The van der Waals surface area contributed by atoms with E-state index in [4.69, 9.17) is 29.3 Å². The maximum atomic E-state index is 7.25. The van der Waals surface area contributed by atoms with Crippen LogP contribution in [0, 0.1) is 0 Å². The molecule has 2 fully saturated rings. The molecule has 0 amide bonds. The van der Waals surface area contributed by atoms with Gasteiger partial charge in [0.25, 0.3) is 0 Å². The van der Waals surface area contributed by atoms with Crippen molar-refractivity contribution in [1.29, 1.82) is 0 Å². The number of hydrogen-bond donors (Lipinski definition) is 0. The van der Waals surface area contributed by atoms with Crippen molar-refractivity contribution < 1.29 is 17.7 Å². The highest BCUT2D eigenvalue weighted by Crippen LogP contribution is 2.48. The average Bonchev–Trinajstić information content (AvgIpc) is 3.32. The predicted octanol–water partition coefficient (Wildman–Crippen LogP) is 5.72. The molecule has 2 aliphatic rings. The molecule has 8 nitrogen and oxygen atoms in total. The quantitative estimate of drug-likeness (QED) is 0.374. The van der Waals surface area contributed by atoms with Gasteiger partial charge in [0.2, 0.25) is 0 Å². The fraction of sp³-hybridized carbons (Fsp3) is 0.773. The van der Waals surface area contributed by atoms with Gasteiger partial charge in [-0.05, 0) is 22.2 Å². The first kappa shape index (κ1) is 25.2. The zero-order valence-electron chi connectivity index (χ0n) is 20.9. The van der Waals surface area contributed by atoms with E-state index >= 15 is 0 Å². The summed E-state index contributed by atoms with van der Waals surface area (Å²) in [4.78, 5) is 12.9. The molecule has 0 unspecified atom stereocenters. The molecule has 2 aromatic heterocycles. The molecule has 33 heavy (non-hydrogen) atoms. The Balaban J connectivity index is 1.72. The number of hydrogen-bond acceptors (Lipinski definition) is 7. The zero-order chi connectivity index (χ0) is 24.1. The number of nitrogens with zero attached hydrogens (tertiary/aromatic N) is 4. The first-order valence-electron chi connectivity index (χ1n) is 12.0. The van der Waals surface area contributed by atoms with E-state index in [1.54, 1.807) is 6.33 Å². The van der Waals surface area contributed by atoms with Gasteiger partial charge in [0.15, 0.2) is 10.8 Å². The summed E-state index contributed by atoms with van der Waals surface area (Å²) in [6.45, 7) is 18.3. The lowest BCUT2D eigenvalue weighted by molar-refractivity contribution is -0.0544. The van der Waals surface area contributed by atoms with Crippen molar-refractivity contribution in [3.63, 3.8) is 0 Å². The van der Waals surface area contributed by atoms with Crippen LogP contribution in [0.15, 0.2) is 12.7 Å². The van der Waals surface area contributed by atoms with Crippen LogP contribution in [0.4, 0.5) is 0 Å². The lowest BCUT2D eigenvalue weighted by atomic mass is 10.2. The molecule has 11 heteroatoms. The highest BCUT2D eigenvalue weighted by atomic mass is 35.5. The summed E-state index contributed by atoms with van der Waals surface area (Å²) in [6, 6.07) is 0. The third kappa shape index (κ3) is 4.21. The summed E-state index contributed by atoms with van der Waals surface area (Å²) in [5.74, 6) is 0. The van der Waals surface area contributed by atoms with E-state index in [1.807, 2.05) is 4.57 Å². The number of ether oxygens (including phenoxy) is 1. The molecule has 0 bridgehead atoms. The second-order valence-corrected chi connectivity index (χ2v) is 19.7. The number of aromatic nitrogens is 4. The van der Waals surface area contributed by atoms with Crippen molar-refractivity contribution in [1.82, 2.24) is 19.5 Å². The molecule has 0 saturated carbocycles. The van der Waals surface area contributed by atoms with Gasteiger partial charge in [-0.3, -0.25) is 4.57 Å². The molecular weight excluding hydrogens is 476 g/mol. The Morgan fingerprint density at radius 3 is 2.15 bits per heavy atom. The maximum Gasteiger partial charge on any atom is 0.335 e. The second-order valence-electron chi connectivity index (χ2n) is 10.5. The van der Waals surface area contributed by atoms with Crippen molar-refractivity contribution >= 4 is 39.9 Å². The summed E-state index contributed by atoms with van der Waals surface area (Å²) < 4.78 is 29.7. The van der Waals surface area contributed by atoms with Gasteiger partial charge in [0.1, 0.15) is 24.2 Å². The van der Waals surface area contributed by atoms with Crippen LogP contribution in [0.2, 0.25) is 27.3 Å². The molecule has 0 N–H and O–H groups in total. The third-order valence-corrected chi connectivity index (χ3v) is 17.7. The molecule has 0 radical (unpaired) electrons. The Labute approximate surface area is 203 Å². The van der Waals surface area contributed by atoms with Crippen LogP contribution >= 0.6 is 11.6 Å². The number of fused-ring (bicyclic) bond motifs is 2. The minimum absolute atomic E-state index is 0.118. The number of halogens is 1. The normalized spacial score (nSPS) is 27.5. The molecular formula is C22H37ClN4O4Si2. The molecule has 0 spiro atoms. The van der Waals surface area contributed by atoms with Gasteiger partial charge < -0.3 is 17.7 Å². The first-order chi connectivity index (χ1) is 15.5. The molecule has 2 aromatic rings. The Hall–Kier alpha value is -0.886. The Morgan fingerprint density at radius 2 is 1.55 bits per heavy atom. The van der Waals surface area contributed by atoms with Crippen LogP contribution in [0.3, 0.4) is 0 Å². The van der Waals surface area contributed by atoms with E-state index in [0.29, 0.717) is 40.4 Å². The SMILES string of the molecule is CC(C)[Si]1(C(C)C)OC[C@H]2O[C@@H](n3cnc4c(Cl)ncnc43)C[C@H]2O[Si](C(C)C)(C(C)C)O1. The van der Waals surface area contributed by atoms with E-state index in [1.165, 1.54) is 6.33 Å². The van der Waals surface area contributed by atoms with E-state index in [9.17, 15) is 0 Å². The molecule has 2 saturated heterocycles. The fourth-order valence-corrected chi connectivity index (χ4v) is 16.7. The molecule has 4 rings (SSSR count). The lowest BCUT2D eigenvalue weighted by Crippen LogP contribution is -2.65. The fourth-order valence-electron chi connectivity index (χ4n) is 5.34. The third-order valence-electron chi connectivity index (χ3n) is 7.15. The average molecular weight is 513 g/mol. The summed E-state index contributed by atoms with van der Waals surface area (Å²) in [5.41, 5.74) is 2.40. The molecule has 184 valence electrons. The van der Waals surface area contributed by atoms with Gasteiger partial charge in [0, 0.05) is 6.42 Å². The molecule has 3 atom stereocenters. The van der Waals surface area contributed by atoms with Crippen LogP contribution in [0.1, 0.15) is 68.0 Å². The standard InChI is InChI=1S/C22H37ClN4O4Si2/c1-13(2)32(14(3)4)28-10-18-17(30-33(31-32,15(5)6)16(7)8)9-19(29-18)27-12-26-20-21(23)24-11-25-22(20)27/h11-19H,9-10H2,1-8H3/t17-,18-,19-/m1/s1. The number of rotatable bonds is 5. The predicted molar refractivity (Wildman–Crippen MR) is 133 cm³/mol. The smallest absolute Gasteiger partial charge is 0.335 e. The van der Waals surface area contributed by atoms with Gasteiger partial charge in [-0.2, -0.15) is 0 Å². The minimum Gasteiger partial charge on any atom is -0.414 e. The number of imidazole rings is 1. The van der Waals surface area contributed by atoms with Crippen molar-refractivity contribution in [3.05, 3.63) is 17.8 Å². The van der Waals surface area contributed by atoms with E-state index in [0.717, 1.165) is 0 Å². The van der Waals surface area contributed by atoms with Gasteiger partial charge in [0.05, 0.1) is 19.0 Å². The van der Waals surface area contributed by atoms with Crippen molar-refractivity contribution in [2.24, 2.45) is 0 Å². The zero-order valence-corrected chi connectivity index (χ0v) is 23.7. The van der Waals surface area contributed by atoms with Gasteiger partial charge in [-0.1, -0.05) is 67.0 Å². The Bertz CT molecular complexity index is 970. The minimum atomic E-state index is -2.66. The summed E-state index contributed by atoms with van der Waals surface area (Å²) >= 11 is 6.22. The Kier molecular flexibility index (Phi) is 7.10. The highest BCUT2D eigenvalue weighted by molar-refractivity contribution is 6.83. The van der Waals surface area contributed by atoms with Crippen LogP contribution in [-0.2, 0) is 17.7 Å². The first-order valence-corrected chi connectivity index (χ1v) is 16.3. The maximum absolute atomic E-state index is 7.25. The summed E-state index contributed by atoms with van der Waals surface area (Å²) in [6.07, 6.45) is 3.29. The van der Waals surface area contributed by atoms with Gasteiger partial charge in [-0.25, -0.2) is 15.0 Å². The van der Waals surface area contributed by atoms with Crippen molar-refractivity contribution in [2.75, 3.05) is 6.61 Å². The second kappa shape index (κ2) is 9.29. The van der Waals surface area contributed by atoms with Crippen LogP contribution in [0.5, 0.6) is 0 Å². The molecule has 0 aliphatic carbocycles. The van der Waals surface area contributed by atoms with Crippen molar-refractivity contribution in [2.45, 2.75) is 102 Å². The molecule has 0 aromatic carbocycles. The van der Waals surface area contributed by atoms with E-state index in [-0.39, 0.29) is 29.5 Å². The topological polar surface area (TPSA) is 80.5 Å². The largest absolute Gasteiger partial charge is 0.414 e. The van der Waals surface area contributed by atoms with Crippen molar-refractivity contribution in [3.8, 4) is 0 Å². The summed E-state index contributed by atoms with van der Waals surface area (Å²) in [5, 5.41) is 0.339. The van der Waals surface area contributed by atoms with E-state index in [2.05, 4.69) is 70.3 Å². The lowest BCUT2D eigenvalue weighted by Gasteiger charge is -2.51. The van der Waals surface area contributed by atoms with Gasteiger partial charge >= 0.3 is 17.1 Å².